The molecule has 3 fully saturated rings. The van der Waals surface area contributed by atoms with Crippen molar-refractivity contribution in [2.75, 3.05) is 44.7 Å². The van der Waals surface area contributed by atoms with Gasteiger partial charge in [-0.15, -0.1) is 0 Å². The summed E-state index contributed by atoms with van der Waals surface area (Å²) < 4.78 is 5.92. The highest BCUT2D eigenvalue weighted by atomic mass is 16.5. The Labute approximate surface area is 209 Å². The van der Waals surface area contributed by atoms with Gasteiger partial charge < -0.3 is 14.5 Å². The number of benzene rings is 2. The molecule has 5 heteroatoms. The molecular weight excluding hydrogens is 432 g/mol. The summed E-state index contributed by atoms with van der Waals surface area (Å²) in [6, 6.07) is 23.6. The largest absolute Gasteiger partial charge is 0.381 e. The van der Waals surface area contributed by atoms with E-state index in [9.17, 15) is 5.26 Å². The van der Waals surface area contributed by atoms with Crippen LogP contribution in [0.25, 0.3) is 0 Å². The van der Waals surface area contributed by atoms with E-state index in [1.165, 1.54) is 11.3 Å². The number of ether oxygens (including phenoxy) is 1. The van der Waals surface area contributed by atoms with Crippen molar-refractivity contribution in [1.29, 1.82) is 10.5 Å². The first-order chi connectivity index (χ1) is 17.2. The minimum Gasteiger partial charge on any atom is -0.381 e. The molecule has 0 N–H and O–H groups in total. The van der Waals surface area contributed by atoms with Gasteiger partial charge in [-0.1, -0.05) is 36.8 Å². The van der Waals surface area contributed by atoms with Crippen molar-refractivity contribution >= 4 is 5.69 Å². The van der Waals surface area contributed by atoms with E-state index >= 15 is 0 Å². The zero-order chi connectivity index (χ0) is 24.3. The number of hydrogen-bond acceptors (Lipinski definition) is 5. The van der Waals surface area contributed by atoms with Gasteiger partial charge in [0.2, 0.25) is 0 Å². The maximum Gasteiger partial charge on any atom is 0.0991 e. The lowest BCUT2D eigenvalue weighted by atomic mass is 9.59. The molecule has 2 aromatic carbocycles. The third-order valence-electron chi connectivity index (χ3n) is 8.84. The topological polar surface area (TPSA) is 63.3 Å². The highest BCUT2D eigenvalue weighted by molar-refractivity contribution is 5.51. The molecule has 182 valence electrons. The number of nitrogens with zero attached hydrogens (tertiary/aromatic N) is 4. The van der Waals surface area contributed by atoms with Crippen LogP contribution in [0, 0.1) is 40.4 Å². The van der Waals surface area contributed by atoms with Crippen molar-refractivity contribution in [2.45, 2.75) is 43.6 Å². The number of methoxy groups -OCH3 is 1. The van der Waals surface area contributed by atoms with Gasteiger partial charge in [-0.25, -0.2) is 0 Å². The summed E-state index contributed by atoms with van der Waals surface area (Å²) in [4.78, 5) is 5.02. The van der Waals surface area contributed by atoms with E-state index in [1.807, 2.05) is 19.2 Å². The lowest BCUT2D eigenvalue weighted by molar-refractivity contribution is 0.0193. The summed E-state index contributed by atoms with van der Waals surface area (Å²) in [6.45, 7) is 5.43. The van der Waals surface area contributed by atoms with Gasteiger partial charge in [0.25, 0.3) is 0 Å². The molecular formula is C30H36N4O. The van der Waals surface area contributed by atoms with E-state index in [2.05, 4.69) is 64.4 Å². The van der Waals surface area contributed by atoms with Crippen LogP contribution in [-0.4, -0.2) is 50.8 Å². The molecule has 0 spiro atoms. The summed E-state index contributed by atoms with van der Waals surface area (Å²) in [6.07, 6.45) is 5.61. The zero-order valence-electron chi connectivity index (χ0n) is 20.8. The van der Waals surface area contributed by atoms with Crippen LogP contribution in [-0.2, 0) is 10.2 Å². The highest BCUT2D eigenvalue weighted by Gasteiger charge is 2.52. The Morgan fingerprint density at radius 1 is 0.943 bits per heavy atom. The highest BCUT2D eigenvalue weighted by Crippen LogP contribution is 2.50. The number of nitriles is 2. The van der Waals surface area contributed by atoms with Gasteiger partial charge in [-0.2, -0.15) is 10.5 Å². The number of anilines is 1. The number of piperidine rings is 1. The second kappa shape index (κ2) is 10.4. The van der Waals surface area contributed by atoms with Crippen molar-refractivity contribution in [3.05, 3.63) is 65.7 Å². The molecule has 0 bridgehead atoms. The van der Waals surface area contributed by atoms with Crippen molar-refractivity contribution in [1.82, 2.24) is 4.90 Å². The van der Waals surface area contributed by atoms with E-state index in [1.54, 1.807) is 0 Å². The lowest BCUT2D eigenvalue weighted by Crippen LogP contribution is -2.54. The van der Waals surface area contributed by atoms with Gasteiger partial charge in [0.15, 0.2) is 0 Å². The van der Waals surface area contributed by atoms with Gasteiger partial charge in [0, 0.05) is 44.3 Å². The minimum absolute atomic E-state index is 0.177. The monoisotopic (exact) mass is 468 g/mol. The molecule has 35 heavy (non-hydrogen) atoms. The lowest BCUT2D eigenvalue weighted by Gasteiger charge is -2.48. The van der Waals surface area contributed by atoms with Crippen molar-refractivity contribution in [3.63, 3.8) is 0 Å². The first-order valence-corrected chi connectivity index (χ1v) is 13.1. The molecule has 2 saturated heterocycles. The smallest absolute Gasteiger partial charge is 0.0991 e. The van der Waals surface area contributed by atoms with Crippen molar-refractivity contribution in [2.24, 2.45) is 17.8 Å². The average molecular weight is 469 g/mol. The Hall–Kier alpha value is -2.86. The molecule has 2 aromatic rings. The van der Waals surface area contributed by atoms with Gasteiger partial charge in [0.05, 0.1) is 29.2 Å². The fraction of sp³-hybridized carbons (Fsp3) is 0.533. The average Bonchev–Trinajstić information content (AvgIpc) is 3.38. The van der Waals surface area contributed by atoms with E-state index in [-0.39, 0.29) is 12.0 Å². The first kappa shape index (κ1) is 23.9. The Kier molecular flexibility index (Phi) is 7.09. The van der Waals surface area contributed by atoms with Gasteiger partial charge in [-0.05, 0) is 74.5 Å². The summed E-state index contributed by atoms with van der Waals surface area (Å²) in [7, 11) is 1.82. The summed E-state index contributed by atoms with van der Waals surface area (Å²) in [5.41, 5.74) is 2.65. The fourth-order valence-electron chi connectivity index (χ4n) is 7.01. The van der Waals surface area contributed by atoms with Crippen molar-refractivity contribution in [3.8, 4) is 12.1 Å². The molecule has 3 atom stereocenters. The summed E-state index contributed by atoms with van der Waals surface area (Å²) >= 11 is 0. The number of rotatable bonds is 7. The van der Waals surface area contributed by atoms with Gasteiger partial charge in [-0.3, -0.25) is 0 Å². The molecule has 0 radical (unpaired) electrons. The molecule has 2 heterocycles. The Morgan fingerprint density at radius 3 is 2.29 bits per heavy atom. The van der Waals surface area contributed by atoms with Crippen LogP contribution in [0.2, 0.25) is 0 Å². The summed E-state index contributed by atoms with van der Waals surface area (Å²) in [5.74, 6) is 1.32. The molecule has 0 unspecified atom stereocenters. The predicted molar refractivity (Wildman–Crippen MR) is 138 cm³/mol. The van der Waals surface area contributed by atoms with Crippen LogP contribution in [0.3, 0.4) is 0 Å². The van der Waals surface area contributed by atoms with Crippen LogP contribution in [0.5, 0.6) is 0 Å². The third kappa shape index (κ3) is 4.56. The third-order valence-corrected chi connectivity index (χ3v) is 8.84. The maximum absolute atomic E-state index is 10.7. The SMILES string of the molecule is CO[C@H]1CCC[C@@H]1[C@@](C#N)(c1ccccc1)C1CCN(CC2CN(c3ccc(C#N)cc3)C2)CC1. The standard InChI is InChI=1S/C30H36N4O/c1-35-29-9-5-8-28(29)30(22-32,25-6-3-2-4-7-25)26-14-16-33(17-15-26)19-24-20-34(21-24)27-12-10-23(18-31)11-13-27/h2-4,6-7,10-13,24,26,28-29H,5,8-9,14-17,19-21H2,1H3/t28-,29-,30-/m0/s1. The van der Waals surface area contributed by atoms with Gasteiger partial charge in [0.1, 0.15) is 0 Å². The van der Waals surface area contributed by atoms with Crippen LogP contribution < -0.4 is 4.90 Å². The molecule has 1 saturated carbocycles. The molecule has 3 aliphatic rings. The maximum atomic E-state index is 10.7. The van der Waals surface area contributed by atoms with Crippen LogP contribution in [0.4, 0.5) is 5.69 Å². The molecule has 0 aromatic heterocycles. The van der Waals surface area contributed by atoms with E-state index in [0.29, 0.717) is 17.4 Å². The number of hydrogen-bond donors (Lipinski definition) is 0. The van der Waals surface area contributed by atoms with Crippen LogP contribution >= 0.6 is 0 Å². The molecule has 1 aliphatic carbocycles. The van der Waals surface area contributed by atoms with Crippen LogP contribution in [0.15, 0.2) is 54.6 Å². The first-order valence-electron chi connectivity index (χ1n) is 13.1. The van der Waals surface area contributed by atoms with E-state index in [4.69, 9.17) is 10.00 Å². The van der Waals surface area contributed by atoms with Crippen LogP contribution in [0.1, 0.15) is 43.2 Å². The fourth-order valence-corrected chi connectivity index (χ4v) is 7.01. The quantitative estimate of drug-likeness (QED) is 0.573. The van der Waals surface area contributed by atoms with E-state index in [0.717, 1.165) is 64.8 Å². The Balaban J connectivity index is 1.22. The summed E-state index contributed by atoms with van der Waals surface area (Å²) in [5, 5.41) is 19.7. The molecule has 5 nitrogen and oxygen atoms in total. The Morgan fingerprint density at radius 2 is 1.66 bits per heavy atom. The predicted octanol–water partition coefficient (Wildman–Crippen LogP) is 4.98. The Bertz CT molecular complexity index is 1060. The number of likely N-dealkylation sites (tertiary alicyclic amines) is 1. The van der Waals surface area contributed by atoms with Gasteiger partial charge >= 0.3 is 0 Å². The molecule has 5 rings (SSSR count). The molecule has 2 aliphatic heterocycles. The van der Waals surface area contributed by atoms with Crippen molar-refractivity contribution < 1.29 is 4.74 Å². The second-order valence-electron chi connectivity index (χ2n) is 10.7. The molecule has 0 amide bonds. The second-order valence-corrected chi connectivity index (χ2v) is 10.7. The zero-order valence-corrected chi connectivity index (χ0v) is 20.8. The minimum atomic E-state index is -0.465. The van der Waals surface area contributed by atoms with E-state index < -0.39 is 5.41 Å². The normalized spacial score (nSPS) is 25.4.